The van der Waals surface area contributed by atoms with Gasteiger partial charge in [0.15, 0.2) is 5.82 Å². The molecule has 1 N–H and O–H groups in total. The Morgan fingerprint density at radius 3 is 2.20 bits per heavy atom. The molecule has 1 fully saturated rings. The van der Waals surface area contributed by atoms with E-state index in [1.165, 1.54) is 11.3 Å². The number of hydrogen-bond acceptors (Lipinski definition) is 4. The second-order valence-electron chi connectivity index (χ2n) is 7.91. The molecule has 30 heavy (non-hydrogen) atoms. The van der Waals surface area contributed by atoms with Gasteiger partial charge in [0.05, 0.1) is 5.69 Å². The molecule has 3 heterocycles. The molecule has 1 aliphatic heterocycles. The van der Waals surface area contributed by atoms with Crippen molar-refractivity contribution >= 4 is 0 Å². The van der Waals surface area contributed by atoms with Crippen LogP contribution in [0.15, 0.2) is 79.1 Å². The van der Waals surface area contributed by atoms with Crippen LogP contribution < -0.4 is 0 Å². The van der Waals surface area contributed by atoms with Crippen LogP contribution in [-0.4, -0.2) is 38.2 Å². The number of nitrogens with one attached hydrogen (secondary N) is 1. The number of aromatic nitrogens is 4. The highest BCUT2D eigenvalue weighted by atomic mass is 15.1. The van der Waals surface area contributed by atoms with Gasteiger partial charge in [-0.05, 0) is 37.6 Å². The van der Waals surface area contributed by atoms with Gasteiger partial charge in [-0.2, -0.15) is 5.10 Å². The monoisotopic (exact) mass is 395 g/mol. The highest BCUT2D eigenvalue weighted by molar-refractivity contribution is 5.60. The lowest BCUT2D eigenvalue weighted by Crippen LogP contribution is -2.32. The average molecular weight is 396 g/mol. The van der Waals surface area contributed by atoms with Gasteiger partial charge in [0.25, 0.3) is 0 Å². The Labute approximate surface area is 176 Å². The van der Waals surface area contributed by atoms with Crippen molar-refractivity contribution in [3.8, 4) is 22.6 Å². The highest BCUT2D eigenvalue weighted by Crippen LogP contribution is 2.30. The van der Waals surface area contributed by atoms with Crippen molar-refractivity contribution in [2.24, 2.45) is 0 Å². The van der Waals surface area contributed by atoms with Crippen molar-refractivity contribution in [3.63, 3.8) is 0 Å². The molecule has 1 aliphatic rings. The quantitative estimate of drug-likeness (QED) is 0.521. The fraction of sp³-hybridized carbons (Fsp3) is 0.240. The summed E-state index contributed by atoms with van der Waals surface area (Å²) in [7, 11) is 0. The number of H-pyrrole nitrogens is 1. The summed E-state index contributed by atoms with van der Waals surface area (Å²) in [6.45, 7) is 3.26. The highest BCUT2D eigenvalue weighted by Gasteiger charge is 2.22. The Kier molecular flexibility index (Phi) is 5.36. The van der Waals surface area contributed by atoms with Crippen LogP contribution in [0.4, 0.5) is 0 Å². The molecule has 5 rings (SSSR count). The first-order valence-corrected chi connectivity index (χ1v) is 10.5. The molecular weight excluding hydrogens is 370 g/mol. The van der Waals surface area contributed by atoms with E-state index >= 15 is 0 Å². The zero-order chi connectivity index (χ0) is 20.2. The molecule has 0 amide bonds. The number of piperidine rings is 1. The maximum atomic E-state index is 4.53. The number of hydrogen-bond donors (Lipinski definition) is 1. The van der Waals surface area contributed by atoms with Gasteiger partial charge in [-0.1, -0.05) is 60.7 Å². The summed E-state index contributed by atoms with van der Waals surface area (Å²) in [6.07, 6.45) is 6.02. The molecule has 0 radical (unpaired) electrons. The van der Waals surface area contributed by atoms with E-state index in [0.29, 0.717) is 5.92 Å². The Balaban J connectivity index is 1.22. The lowest BCUT2D eigenvalue weighted by molar-refractivity contribution is 0.203. The third kappa shape index (κ3) is 4.16. The van der Waals surface area contributed by atoms with E-state index in [0.717, 1.165) is 55.1 Å². The van der Waals surface area contributed by atoms with Crippen LogP contribution in [0.25, 0.3) is 22.6 Å². The summed E-state index contributed by atoms with van der Waals surface area (Å²) in [5, 5.41) is 7.79. The molecule has 1 saturated heterocycles. The van der Waals surface area contributed by atoms with Gasteiger partial charge in [-0.15, -0.1) is 0 Å². The molecule has 0 bridgehead atoms. The number of rotatable bonds is 5. The first-order chi connectivity index (χ1) is 14.8. The Bertz CT molecular complexity index is 1070. The van der Waals surface area contributed by atoms with Crippen LogP contribution in [0.5, 0.6) is 0 Å². The molecule has 2 aromatic heterocycles. The van der Waals surface area contributed by atoms with E-state index in [1.54, 1.807) is 0 Å². The molecule has 2 aromatic carbocycles. The maximum absolute atomic E-state index is 4.53. The summed E-state index contributed by atoms with van der Waals surface area (Å²) in [6, 6.07) is 22.9. The summed E-state index contributed by atoms with van der Waals surface area (Å²) < 4.78 is 0. The normalized spacial score (nSPS) is 15.3. The molecule has 0 saturated carbocycles. The van der Waals surface area contributed by atoms with Crippen molar-refractivity contribution in [2.75, 3.05) is 13.1 Å². The van der Waals surface area contributed by atoms with Crippen LogP contribution in [-0.2, 0) is 6.54 Å². The third-order valence-electron chi connectivity index (χ3n) is 5.85. The van der Waals surface area contributed by atoms with Crippen molar-refractivity contribution < 1.29 is 0 Å². The van der Waals surface area contributed by atoms with Gasteiger partial charge >= 0.3 is 0 Å². The molecule has 5 nitrogen and oxygen atoms in total. The lowest BCUT2D eigenvalue weighted by Gasteiger charge is -2.31. The predicted molar refractivity (Wildman–Crippen MR) is 119 cm³/mol. The zero-order valence-corrected chi connectivity index (χ0v) is 16.9. The van der Waals surface area contributed by atoms with E-state index in [-0.39, 0.29) is 0 Å². The first-order valence-electron chi connectivity index (χ1n) is 10.5. The second-order valence-corrected chi connectivity index (χ2v) is 7.91. The van der Waals surface area contributed by atoms with Gasteiger partial charge in [0.2, 0.25) is 0 Å². The Morgan fingerprint density at radius 2 is 1.50 bits per heavy atom. The van der Waals surface area contributed by atoms with Crippen molar-refractivity contribution in [2.45, 2.75) is 25.3 Å². The SMILES string of the molecule is c1ccc(CN2CCC(c3cc(-c4cnc(-c5ccccc5)nc4)n[nH]3)CC2)cc1. The van der Waals surface area contributed by atoms with E-state index < -0.39 is 0 Å². The van der Waals surface area contributed by atoms with Gasteiger partial charge in [0, 0.05) is 41.7 Å². The van der Waals surface area contributed by atoms with Gasteiger partial charge < -0.3 is 0 Å². The van der Waals surface area contributed by atoms with Crippen LogP contribution in [0, 0.1) is 0 Å². The molecule has 4 aromatic rings. The standard InChI is InChI=1S/C25H25N5/c1-3-7-19(8-4-1)18-30-13-11-20(12-14-30)23-15-24(29-28-23)22-16-26-25(27-17-22)21-9-5-2-6-10-21/h1-10,15-17,20H,11-14,18H2,(H,28,29). The molecule has 0 unspecified atom stereocenters. The lowest BCUT2D eigenvalue weighted by atomic mass is 9.93. The number of aromatic amines is 1. The van der Waals surface area contributed by atoms with E-state index in [9.17, 15) is 0 Å². The number of likely N-dealkylation sites (tertiary alicyclic amines) is 1. The first kappa shape index (κ1) is 18.7. The van der Waals surface area contributed by atoms with Gasteiger partial charge in [0.1, 0.15) is 0 Å². The summed E-state index contributed by atoms with van der Waals surface area (Å²) in [5.74, 6) is 1.27. The minimum absolute atomic E-state index is 0.530. The maximum Gasteiger partial charge on any atom is 0.159 e. The molecule has 0 aliphatic carbocycles. The summed E-state index contributed by atoms with van der Waals surface area (Å²) in [4.78, 5) is 11.6. The van der Waals surface area contributed by atoms with Crippen LogP contribution in [0.3, 0.4) is 0 Å². The largest absolute Gasteiger partial charge is 0.299 e. The fourth-order valence-corrected chi connectivity index (χ4v) is 4.13. The topological polar surface area (TPSA) is 57.7 Å². The van der Waals surface area contributed by atoms with E-state index in [1.807, 2.05) is 42.7 Å². The van der Waals surface area contributed by atoms with Gasteiger partial charge in [-0.25, -0.2) is 9.97 Å². The van der Waals surface area contributed by atoms with Gasteiger partial charge in [-0.3, -0.25) is 10.00 Å². The number of nitrogens with zero attached hydrogens (tertiary/aromatic N) is 4. The molecular formula is C25H25N5. The smallest absolute Gasteiger partial charge is 0.159 e. The Hall–Kier alpha value is -3.31. The number of benzene rings is 2. The minimum atomic E-state index is 0.530. The van der Waals surface area contributed by atoms with Crippen molar-refractivity contribution in [1.82, 2.24) is 25.1 Å². The fourth-order valence-electron chi connectivity index (χ4n) is 4.13. The summed E-state index contributed by atoms with van der Waals surface area (Å²) >= 11 is 0. The third-order valence-corrected chi connectivity index (χ3v) is 5.85. The van der Waals surface area contributed by atoms with Crippen LogP contribution in [0.1, 0.15) is 30.0 Å². The Morgan fingerprint density at radius 1 is 0.833 bits per heavy atom. The molecule has 0 spiro atoms. The van der Waals surface area contributed by atoms with Crippen molar-refractivity contribution in [1.29, 1.82) is 0 Å². The van der Waals surface area contributed by atoms with Crippen LogP contribution >= 0.6 is 0 Å². The van der Waals surface area contributed by atoms with E-state index in [2.05, 4.69) is 61.5 Å². The summed E-state index contributed by atoms with van der Waals surface area (Å²) in [5.41, 5.74) is 5.49. The average Bonchev–Trinajstić information content (AvgIpc) is 3.31. The van der Waals surface area contributed by atoms with Crippen molar-refractivity contribution in [3.05, 3.63) is 90.4 Å². The molecule has 5 heteroatoms. The molecule has 0 atom stereocenters. The minimum Gasteiger partial charge on any atom is -0.299 e. The molecule has 150 valence electrons. The van der Waals surface area contributed by atoms with E-state index in [4.69, 9.17) is 0 Å². The predicted octanol–water partition coefficient (Wildman–Crippen LogP) is 4.91. The van der Waals surface area contributed by atoms with Crippen LogP contribution in [0.2, 0.25) is 0 Å². The second kappa shape index (κ2) is 8.59. The zero-order valence-electron chi connectivity index (χ0n) is 16.9.